The van der Waals surface area contributed by atoms with Gasteiger partial charge in [-0.2, -0.15) is 4.89 Å². The van der Waals surface area contributed by atoms with Gasteiger partial charge in [-0.05, 0) is 37.1 Å². The number of unbranched alkanes of at least 4 members (excludes halogenated alkanes) is 5. The number of ether oxygens (including phenoxy) is 1. The van der Waals surface area contributed by atoms with Crippen LogP contribution in [-0.4, -0.2) is 19.2 Å². The number of carbonyl (C=O) groups is 1. The fourth-order valence-electron chi connectivity index (χ4n) is 1.89. The standard InChI is InChI=1S/C18H27O4/c1-3-5-7-9-14-20-17-12-10-16(11-13-17)18(19)22-21-15-8-6-4-2/h10-13H,2-9,14-15H2,1H3. The van der Waals surface area contributed by atoms with E-state index in [1.165, 1.54) is 19.3 Å². The summed E-state index contributed by atoms with van der Waals surface area (Å²) in [5.74, 6) is 0.286. The van der Waals surface area contributed by atoms with Crippen molar-refractivity contribution < 1.29 is 19.3 Å². The van der Waals surface area contributed by atoms with Crippen LogP contribution in [0.4, 0.5) is 0 Å². The lowest BCUT2D eigenvalue weighted by Crippen LogP contribution is -2.07. The molecule has 0 aromatic heterocycles. The van der Waals surface area contributed by atoms with Crippen LogP contribution >= 0.6 is 0 Å². The molecule has 22 heavy (non-hydrogen) atoms. The Kier molecular flexibility index (Phi) is 10.1. The summed E-state index contributed by atoms with van der Waals surface area (Å²) < 4.78 is 5.62. The third-order valence-corrected chi connectivity index (χ3v) is 3.22. The van der Waals surface area contributed by atoms with Crippen molar-refractivity contribution in [1.82, 2.24) is 0 Å². The van der Waals surface area contributed by atoms with Crippen molar-refractivity contribution in [3.8, 4) is 5.75 Å². The Morgan fingerprint density at radius 3 is 2.41 bits per heavy atom. The van der Waals surface area contributed by atoms with Crippen molar-refractivity contribution >= 4 is 5.97 Å². The third kappa shape index (κ3) is 8.03. The van der Waals surface area contributed by atoms with Crippen molar-refractivity contribution in [2.75, 3.05) is 13.2 Å². The third-order valence-electron chi connectivity index (χ3n) is 3.22. The van der Waals surface area contributed by atoms with Crippen molar-refractivity contribution in [3.63, 3.8) is 0 Å². The summed E-state index contributed by atoms with van der Waals surface area (Å²) in [6, 6.07) is 6.92. The average Bonchev–Trinajstić information content (AvgIpc) is 2.55. The van der Waals surface area contributed by atoms with Crippen LogP contribution in [0.15, 0.2) is 24.3 Å². The van der Waals surface area contributed by atoms with Gasteiger partial charge in [0.15, 0.2) is 0 Å². The fourth-order valence-corrected chi connectivity index (χ4v) is 1.89. The molecule has 0 fully saturated rings. The van der Waals surface area contributed by atoms with E-state index < -0.39 is 5.97 Å². The molecular weight excluding hydrogens is 280 g/mol. The minimum absolute atomic E-state index is 0.403. The van der Waals surface area contributed by atoms with E-state index in [1.807, 2.05) is 0 Å². The number of benzene rings is 1. The quantitative estimate of drug-likeness (QED) is 0.318. The fraction of sp³-hybridized carbons (Fsp3) is 0.556. The number of hydrogen-bond donors (Lipinski definition) is 0. The highest BCUT2D eigenvalue weighted by Crippen LogP contribution is 2.14. The van der Waals surface area contributed by atoms with Gasteiger partial charge in [0.25, 0.3) is 0 Å². The van der Waals surface area contributed by atoms with Gasteiger partial charge in [0.2, 0.25) is 0 Å². The number of carbonyl (C=O) groups excluding carboxylic acids is 1. The summed E-state index contributed by atoms with van der Waals surface area (Å²) in [5.41, 5.74) is 0.454. The molecule has 0 aliphatic heterocycles. The lowest BCUT2D eigenvalue weighted by Gasteiger charge is -2.07. The molecular formula is C18H27O4. The SMILES string of the molecule is [CH2]CCCCOOC(=O)c1ccc(OCCCCCC)cc1. The first-order chi connectivity index (χ1) is 10.8. The Morgan fingerprint density at radius 1 is 1.00 bits per heavy atom. The summed E-state index contributed by atoms with van der Waals surface area (Å²) in [5, 5.41) is 0. The second kappa shape index (κ2) is 12.0. The lowest BCUT2D eigenvalue weighted by molar-refractivity contribution is -0.241. The van der Waals surface area contributed by atoms with E-state index in [0.29, 0.717) is 18.8 Å². The van der Waals surface area contributed by atoms with Gasteiger partial charge in [0.05, 0.1) is 18.8 Å². The normalized spacial score (nSPS) is 10.5. The highest BCUT2D eigenvalue weighted by molar-refractivity contribution is 5.89. The minimum Gasteiger partial charge on any atom is -0.494 e. The molecule has 1 aromatic carbocycles. The van der Waals surface area contributed by atoms with Gasteiger partial charge >= 0.3 is 5.97 Å². The zero-order valence-corrected chi connectivity index (χ0v) is 13.5. The summed E-state index contributed by atoms with van der Waals surface area (Å²) in [6.45, 7) is 7.03. The van der Waals surface area contributed by atoms with Gasteiger partial charge in [-0.1, -0.05) is 46.0 Å². The Bertz CT molecular complexity index is 400. The van der Waals surface area contributed by atoms with Gasteiger partial charge < -0.3 is 4.74 Å². The highest BCUT2D eigenvalue weighted by Gasteiger charge is 2.08. The van der Waals surface area contributed by atoms with Crippen LogP contribution < -0.4 is 4.74 Å². The van der Waals surface area contributed by atoms with E-state index in [9.17, 15) is 4.79 Å². The van der Waals surface area contributed by atoms with E-state index >= 15 is 0 Å². The molecule has 0 heterocycles. The van der Waals surface area contributed by atoms with E-state index in [0.717, 1.165) is 31.4 Å². The van der Waals surface area contributed by atoms with Crippen molar-refractivity contribution in [2.45, 2.75) is 51.9 Å². The van der Waals surface area contributed by atoms with Gasteiger partial charge in [-0.25, -0.2) is 4.79 Å². The van der Waals surface area contributed by atoms with E-state index in [1.54, 1.807) is 24.3 Å². The molecule has 0 aliphatic carbocycles. The van der Waals surface area contributed by atoms with Crippen LogP contribution in [0.3, 0.4) is 0 Å². The van der Waals surface area contributed by atoms with Gasteiger partial charge in [0, 0.05) is 0 Å². The van der Waals surface area contributed by atoms with Gasteiger partial charge in [-0.15, -0.1) is 0 Å². The van der Waals surface area contributed by atoms with Crippen LogP contribution in [0.5, 0.6) is 5.75 Å². The predicted molar refractivity (Wildman–Crippen MR) is 86.7 cm³/mol. The summed E-state index contributed by atoms with van der Waals surface area (Å²) in [6.07, 6.45) is 7.35. The molecule has 0 bridgehead atoms. The highest BCUT2D eigenvalue weighted by atomic mass is 17.2. The molecule has 4 nitrogen and oxygen atoms in total. The van der Waals surface area contributed by atoms with Crippen LogP contribution in [-0.2, 0) is 9.78 Å². The van der Waals surface area contributed by atoms with Crippen LogP contribution in [0, 0.1) is 6.92 Å². The van der Waals surface area contributed by atoms with Crippen molar-refractivity contribution in [2.24, 2.45) is 0 Å². The minimum atomic E-state index is -0.482. The van der Waals surface area contributed by atoms with Crippen molar-refractivity contribution in [3.05, 3.63) is 36.8 Å². The first-order valence-corrected chi connectivity index (χ1v) is 8.13. The van der Waals surface area contributed by atoms with Crippen molar-refractivity contribution in [1.29, 1.82) is 0 Å². The molecule has 0 atom stereocenters. The zero-order valence-electron chi connectivity index (χ0n) is 13.5. The Labute approximate surface area is 133 Å². The first kappa shape index (κ1) is 18.5. The average molecular weight is 307 g/mol. The molecule has 1 radical (unpaired) electrons. The monoisotopic (exact) mass is 307 g/mol. The summed E-state index contributed by atoms with van der Waals surface area (Å²) >= 11 is 0. The summed E-state index contributed by atoms with van der Waals surface area (Å²) in [7, 11) is 0. The first-order valence-electron chi connectivity index (χ1n) is 8.13. The molecule has 0 amide bonds. The Morgan fingerprint density at radius 2 is 1.73 bits per heavy atom. The molecule has 0 unspecified atom stereocenters. The van der Waals surface area contributed by atoms with Crippen LogP contribution in [0.1, 0.15) is 62.2 Å². The second-order valence-corrected chi connectivity index (χ2v) is 5.19. The second-order valence-electron chi connectivity index (χ2n) is 5.19. The lowest BCUT2D eigenvalue weighted by atomic mass is 10.2. The predicted octanol–water partition coefficient (Wildman–Crippen LogP) is 4.74. The molecule has 0 saturated heterocycles. The largest absolute Gasteiger partial charge is 0.494 e. The topological polar surface area (TPSA) is 44.8 Å². The smallest absolute Gasteiger partial charge is 0.373 e. The molecule has 0 N–H and O–H groups in total. The zero-order chi connectivity index (χ0) is 16.0. The maximum atomic E-state index is 11.7. The Balaban J connectivity index is 2.23. The molecule has 123 valence electrons. The van der Waals surface area contributed by atoms with Gasteiger partial charge in [-0.3, -0.25) is 4.89 Å². The van der Waals surface area contributed by atoms with E-state index in [-0.39, 0.29) is 0 Å². The molecule has 0 saturated carbocycles. The molecule has 0 spiro atoms. The molecule has 1 aromatic rings. The number of hydrogen-bond acceptors (Lipinski definition) is 4. The van der Waals surface area contributed by atoms with Crippen LogP contribution in [0.2, 0.25) is 0 Å². The molecule has 0 aliphatic rings. The number of rotatable bonds is 12. The maximum absolute atomic E-state index is 11.7. The molecule has 1 rings (SSSR count). The van der Waals surface area contributed by atoms with Crippen LogP contribution in [0.25, 0.3) is 0 Å². The van der Waals surface area contributed by atoms with Gasteiger partial charge in [0.1, 0.15) is 5.75 Å². The van der Waals surface area contributed by atoms with E-state index in [2.05, 4.69) is 13.8 Å². The Hall–Kier alpha value is -1.55. The molecule has 4 heteroatoms. The summed E-state index contributed by atoms with van der Waals surface area (Å²) in [4.78, 5) is 21.3. The maximum Gasteiger partial charge on any atom is 0.373 e. The van der Waals surface area contributed by atoms with E-state index in [4.69, 9.17) is 14.5 Å².